The minimum absolute atomic E-state index is 0.544. The maximum absolute atomic E-state index is 4.93. The normalized spacial score (nSPS) is 11.3. The number of rotatable bonds is 6. The summed E-state index contributed by atoms with van der Waals surface area (Å²) in [6, 6.07) is 16.8. The first-order chi connectivity index (χ1) is 14.2. The first kappa shape index (κ1) is 25.8. The first-order valence-corrected chi connectivity index (χ1v) is 17.4. The van der Waals surface area contributed by atoms with Crippen LogP contribution in [0.15, 0.2) is 42.5 Å². The van der Waals surface area contributed by atoms with Crippen molar-refractivity contribution < 1.29 is 20.8 Å². The fraction of sp³-hybridized carbons (Fsp3) is 0.444. The molecule has 0 aliphatic heterocycles. The molecule has 0 saturated carbocycles. The Kier molecular flexibility index (Phi) is 10.3. The van der Waals surface area contributed by atoms with Gasteiger partial charge in [-0.15, -0.1) is 34.5 Å². The van der Waals surface area contributed by atoms with Crippen molar-refractivity contribution >= 4 is 27.8 Å². The molecule has 0 spiro atoms. The standard InChI is InChI=1S/C27H35.2ClH.Zr/c1-8-9-20-10-11-21-12-24(19(6)7)16-26(21)27(20)25-14-22(17(2)3)13-23(15-25)18(4)5;;;/h10-19H,8-9H2,1-7H3;2*1H;/q-1;;;+2/p-2. The third-order valence-electron chi connectivity index (χ3n) is 5.78. The molecule has 0 aliphatic carbocycles. The molecule has 0 fully saturated rings. The first-order valence-electron chi connectivity index (χ1n) is 11.1. The van der Waals surface area contributed by atoms with Crippen LogP contribution in [-0.2, 0) is 27.3 Å². The second kappa shape index (κ2) is 11.9. The van der Waals surface area contributed by atoms with Gasteiger partial charge < -0.3 is 0 Å². The summed E-state index contributed by atoms with van der Waals surface area (Å²) in [7, 11) is 9.87. The summed E-state index contributed by atoms with van der Waals surface area (Å²) in [4.78, 5) is 0. The minimum atomic E-state index is -0.826. The molecule has 3 aromatic rings. The topological polar surface area (TPSA) is 0 Å². The molecule has 0 saturated heterocycles. The SMILES string of the molecule is CCCc1ccc2[cH-]c(C(C)C)cc2c1-c1cc(C(C)C)cc(C(C)C)c1.[Cl][Zr][Cl]. The number of hydrogen-bond donors (Lipinski definition) is 0. The van der Waals surface area contributed by atoms with Crippen molar-refractivity contribution in [2.45, 2.75) is 79.1 Å². The van der Waals surface area contributed by atoms with Gasteiger partial charge in [0.05, 0.1) is 0 Å². The summed E-state index contributed by atoms with van der Waals surface area (Å²) in [5.74, 6) is 1.65. The van der Waals surface area contributed by atoms with Gasteiger partial charge in [-0.3, -0.25) is 0 Å². The molecule has 3 rings (SSSR count). The molecule has 3 aromatic carbocycles. The van der Waals surface area contributed by atoms with Gasteiger partial charge in [0.15, 0.2) is 0 Å². The molecular weight excluding hydrogens is 486 g/mol. The van der Waals surface area contributed by atoms with E-state index in [1.807, 2.05) is 0 Å². The molecule has 0 aromatic heterocycles. The van der Waals surface area contributed by atoms with Crippen molar-refractivity contribution in [3.8, 4) is 11.1 Å². The molecule has 3 heteroatoms. The third kappa shape index (κ3) is 6.28. The van der Waals surface area contributed by atoms with Gasteiger partial charge in [0, 0.05) is 0 Å². The molecule has 0 nitrogen and oxygen atoms in total. The van der Waals surface area contributed by atoms with E-state index in [4.69, 9.17) is 17.0 Å². The molecule has 0 amide bonds. The average Bonchev–Trinajstić information content (AvgIpc) is 3.13. The van der Waals surface area contributed by atoms with E-state index in [9.17, 15) is 0 Å². The van der Waals surface area contributed by atoms with Gasteiger partial charge in [-0.1, -0.05) is 84.2 Å². The van der Waals surface area contributed by atoms with Gasteiger partial charge in [0.25, 0.3) is 0 Å². The summed E-state index contributed by atoms with van der Waals surface area (Å²) in [6.45, 7) is 16.1. The molecule has 0 N–H and O–H groups in total. The van der Waals surface area contributed by atoms with Crippen LogP contribution in [0.3, 0.4) is 0 Å². The van der Waals surface area contributed by atoms with Crippen molar-refractivity contribution in [3.05, 3.63) is 64.7 Å². The van der Waals surface area contributed by atoms with E-state index < -0.39 is 20.8 Å². The average molecular weight is 522 g/mol. The van der Waals surface area contributed by atoms with Gasteiger partial charge in [-0.2, -0.15) is 6.07 Å². The Morgan fingerprint density at radius 1 is 0.833 bits per heavy atom. The van der Waals surface area contributed by atoms with Crippen molar-refractivity contribution in [2.75, 3.05) is 0 Å². The van der Waals surface area contributed by atoms with Crippen LogP contribution in [-0.4, -0.2) is 0 Å². The Hall–Kier alpha value is -0.487. The van der Waals surface area contributed by atoms with E-state index in [0.717, 1.165) is 6.42 Å². The van der Waals surface area contributed by atoms with Crippen molar-refractivity contribution in [2.24, 2.45) is 0 Å². The van der Waals surface area contributed by atoms with Crippen LogP contribution in [0, 0.1) is 0 Å². The summed E-state index contributed by atoms with van der Waals surface area (Å²) in [5.41, 5.74) is 8.70. The Balaban J connectivity index is 0.00000101. The molecule has 0 heterocycles. The summed E-state index contributed by atoms with van der Waals surface area (Å²) in [6.07, 6.45) is 2.31. The second-order valence-corrected chi connectivity index (χ2v) is 12.8. The number of hydrogen-bond acceptors (Lipinski definition) is 0. The zero-order valence-electron chi connectivity index (χ0n) is 19.4. The van der Waals surface area contributed by atoms with E-state index in [1.165, 1.54) is 50.6 Å². The summed E-state index contributed by atoms with van der Waals surface area (Å²) < 4.78 is 0. The molecular formula is C27H35Cl2Zr-. The zero-order valence-corrected chi connectivity index (χ0v) is 23.4. The Morgan fingerprint density at radius 2 is 1.40 bits per heavy atom. The van der Waals surface area contributed by atoms with Crippen LogP contribution in [0.2, 0.25) is 0 Å². The maximum atomic E-state index is 4.93. The third-order valence-corrected chi connectivity index (χ3v) is 5.78. The predicted octanol–water partition coefficient (Wildman–Crippen LogP) is 9.92. The van der Waals surface area contributed by atoms with Crippen LogP contribution in [0.4, 0.5) is 0 Å². The fourth-order valence-corrected chi connectivity index (χ4v) is 3.99. The van der Waals surface area contributed by atoms with Crippen LogP contribution in [0.1, 0.15) is 94.9 Å². The van der Waals surface area contributed by atoms with Crippen molar-refractivity contribution in [1.82, 2.24) is 0 Å². The monoisotopic (exact) mass is 519 g/mol. The predicted molar refractivity (Wildman–Crippen MR) is 133 cm³/mol. The number of halogens is 2. The molecule has 0 aliphatic rings. The molecule has 162 valence electrons. The van der Waals surface area contributed by atoms with Crippen LogP contribution in [0.25, 0.3) is 21.9 Å². The van der Waals surface area contributed by atoms with Gasteiger partial charge in [-0.05, 0) is 40.9 Å². The van der Waals surface area contributed by atoms with Crippen molar-refractivity contribution in [1.29, 1.82) is 0 Å². The second-order valence-electron chi connectivity index (χ2n) is 9.07. The van der Waals surface area contributed by atoms with Gasteiger partial charge in [0.1, 0.15) is 0 Å². The van der Waals surface area contributed by atoms with Gasteiger partial charge in [0.2, 0.25) is 0 Å². The Bertz CT molecular complexity index is 925. The van der Waals surface area contributed by atoms with E-state index in [-0.39, 0.29) is 0 Å². The van der Waals surface area contributed by atoms with Gasteiger partial charge >= 0.3 is 37.9 Å². The molecule has 0 atom stereocenters. The van der Waals surface area contributed by atoms with Crippen LogP contribution >= 0.6 is 17.0 Å². The molecule has 30 heavy (non-hydrogen) atoms. The number of aryl methyl sites for hydroxylation is 1. The Morgan fingerprint density at radius 3 is 1.87 bits per heavy atom. The molecule has 0 radical (unpaired) electrons. The number of fused-ring (bicyclic) bond motifs is 1. The van der Waals surface area contributed by atoms with E-state index in [2.05, 4.69) is 90.9 Å². The summed E-state index contributed by atoms with van der Waals surface area (Å²) in [5, 5.41) is 2.81. The summed E-state index contributed by atoms with van der Waals surface area (Å²) >= 11 is -0.826. The van der Waals surface area contributed by atoms with E-state index in [0.29, 0.717) is 17.8 Å². The van der Waals surface area contributed by atoms with Gasteiger partial charge in [-0.25, -0.2) is 0 Å². The van der Waals surface area contributed by atoms with E-state index in [1.54, 1.807) is 0 Å². The van der Waals surface area contributed by atoms with Crippen LogP contribution in [0.5, 0.6) is 0 Å². The van der Waals surface area contributed by atoms with E-state index >= 15 is 0 Å². The van der Waals surface area contributed by atoms with Crippen LogP contribution < -0.4 is 0 Å². The fourth-order valence-electron chi connectivity index (χ4n) is 3.99. The molecule has 0 bridgehead atoms. The number of benzene rings is 2. The quantitative estimate of drug-likeness (QED) is 0.283. The molecule has 0 unspecified atom stereocenters. The zero-order chi connectivity index (χ0) is 22.4. The Labute approximate surface area is 202 Å². The van der Waals surface area contributed by atoms with Crippen molar-refractivity contribution in [3.63, 3.8) is 0 Å².